The van der Waals surface area contributed by atoms with Gasteiger partial charge in [-0.15, -0.1) is 0 Å². The van der Waals surface area contributed by atoms with Crippen LogP contribution in [-0.2, 0) is 19.1 Å². The van der Waals surface area contributed by atoms with Gasteiger partial charge in [-0.05, 0) is 44.9 Å². The highest BCUT2D eigenvalue weighted by Crippen LogP contribution is 2.19. The molecule has 72 heavy (non-hydrogen) atoms. The Kier molecular flexibility index (Phi) is 62.2. The van der Waals surface area contributed by atoms with E-state index in [-0.39, 0.29) is 25.2 Å². The Morgan fingerprint density at radius 1 is 0.319 bits per heavy atom. The number of aliphatic hydroxyl groups is 1. The van der Waals surface area contributed by atoms with Gasteiger partial charge < -0.3 is 14.6 Å². The van der Waals surface area contributed by atoms with Crippen LogP contribution in [0.1, 0.15) is 373 Å². The molecule has 0 aliphatic heterocycles. The molecule has 0 aromatic heterocycles. The Bertz CT molecular complexity index is 1100. The third-order valence-electron chi connectivity index (χ3n) is 15.2. The van der Waals surface area contributed by atoms with Crippen molar-refractivity contribution in [2.45, 2.75) is 380 Å². The van der Waals surface area contributed by atoms with Crippen molar-refractivity contribution in [3.63, 3.8) is 0 Å². The molecule has 0 amide bonds. The zero-order valence-electron chi connectivity index (χ0n) is 49.0. The second-order valence-corrected chi connectivity index (χ2v) is 22.6. The van der Waals surface area contributed by atoms with E-state index in [1.807, 2.05) is 0 Å². The van der Waals surface area contributed by atoms with Gasteiger partial charge in [-0.25, -0.2) is 0 Å². The van der Waals surface area contributed by atoms with E-state index >= 15 is 0 Å². The number of carbonyl (C=O) groups excluding carboxylic acids is 2. The van der Waals surface area contributed by atoms with Crippen molar-refractivity contribution in [3.05, 3.63) is 24.3 Å². The van der Waals surface area contributed by atoms with Gasteiger partial charge in [0.2, 0.25) is 0 Å². The summed E-state index contributed by atoms with van der Waals surface area (Å²) in [5, 5.41) is 9.69. The predicted octanol–water partition coefficient (Wildman–Crippen LogP) is 22.4. The number of carbonyl (C=O) groups is 2. The molecule has 426 valence electrons. The van der Waals surface area contributed by atoms with E-state index in [1.165, 1.54) is 308 Å². The van der Waals surface area contributed by atoms with Gasteiger partial charge in [0.05, 0.1) is 6.61 Å². The highest BCUT2D eigenvalue weighted by molar-refractivity contribution is 5.70. The minimum atomic E-state index is -0.769. The van der Waals surface area contributed by atoms with Crippen molar-refractivity contribution >= 4 is 11.9 Å². The summed E-state index contributed by atoms with van der Waals surface area (Å²) in [5.41, 5.74) is 0. The molecular formula is C67H128O5. The van der Waals surface area contributed by atoms with Crippen molar-refractivity contribution in [2.24, 2.45) is 0 Å². The monoisotopic (exact) mass is 1010 g/mol. The van der Waals surface area contributed by atoms with Crippen LogP contribution in [0.4, 0.5) is 0 Å². The number of hydrogen-bond donors (Lipinski definition) is 1. The second-order valence-electron chi connectivity index (χ2n) is 22.6. The molecule has 0 bridgehead atoms. The summed E-state index contributed by atoms with van der Waals surface area (Å²) in [6.07, 6.45) is 82.0. The minimum Gasteiger partial charge on any atom is -0.462 e. The first-order valence-corrected chi connectivity index (χ1v) is 32.9. The highest BCUT2D eigenvalue weighted by Gasteiger charge is 2.16. The topological polar surface area (TPSA) is 72.8 Å². The van der Waals surface area contributed by atoms with E-state index in [0.717, 1.165) is 38.5 Å². The molecule has 0 aromatic carbocycles. The maximum absolute atomic E-state index is 12.3. The Morgan fingerprint density at radius 3 is 0.819 bits per heavy atom. The molecule has 0 saturated carbocycles. The standard InChI is InChI=1S/C67H128O5/c1-3-5-7-9-11-13-15-17-19-21-23-25-27-29-31-32-33-34-36-37-39-41-43-45-47-49-51-53-55-57-59-61-66(69)71-64-65(63-68)72-67(70)62-60-58-56-54-52-50-48-46-44-42-40-38-35-30-28-26-24-22-20-18-16-14-12-10-8-6-4-2/h16,18,22,24,65,68H,3-15,17,19-21,23,25-64H2,1-2H3/b18-16-,24-22-. The number of esters is 2. The molecule has 0 spiro atoms. The van der Waals surface area contributed by atoms with Gasteiger partial charge in [-0.1, -0.05) is 340 Å². The molecule has 0 saturated heterocycles. The Morgan fingerprint density at radius 2 is 0.556 bits per heavy atom. The maximum atomic E-state index is 12.3. The average molecular weight is 1010 g/mol. The van der Waals surface area contributed by atoms with Crippen LogP contribution in [0.2, 0.25) is 0 Å². The van der Waals surface area contributed by atoms with Crippen LogP contribution >= 0.6 is 0 Å². The van der Waals surface area contributed by atoms with Gasteiger partial charge in [-0.2, -0.15) is 0 Å². The normalized spacial score (nSPS) is 12.2. The zero-order valence-corrected chi connectivity index (χ0v) is 49.0. The molecule has 0 fully saturated rings. The van der Waals surface area contributed by atoms with E-state index in [9.17, 15) is 14.7 Å². The van der Waals surface area contributed by atoms with Gasteiger partial charge in [0.1, 0.15) is 6.61 Å². The number of hydrogen-bond acceptors (Lipinski definition) is 5. The molecule has 1 unspecified atom stereocenters. The van der Waals surface area contributed by atoms with Gasteiger partial charge in [-0.3, -0.25) is 9.59 Å². The van der Waals surface area contributed by atoms with Crippen LogP contribution in [0.25, 0.3) is 0 Å². The number of rotatable bonds is 62. The lowest BCUT2D eigenvalue weighted by Crippen LogP contribution is -2.28. The van der Waals surface area contributed by atoms with Crippen LogP contribution in [0.3, 0.4) is 0 Å². The summed E-state index contributed by atoms with van der Waals surface area (Å²) in [6.45, 7) is 4.20. The number of aliphatic hydroxyl groups excluding tert-OH is 1. The van der Waals surface area contributed by atoms with Crippen molar-refractivity contribution in [3.8, 4) is 0 Å². The van der Waals surface area contributed by atoms with Gasteiger partial charge in [0, 0.05) is 12.8 Å². The lowest BCUT2D eigenvalue weighted by atomic mass is 10.0. The molecule has 0 aromatic rings. The van der Waals surface area contributed by atoms with Gasteiger partial charge >= 0.3 is 11.9 Å². The van der Waals surface area contributed by atoms with Crippen LogP contribution in [0.5, 0.6) is 0 Å². The van der Waals surface area contributed by atoms with E-state index in [2.05, 4.69) is 38.2 Å². The maximum Gasteiger partial charge on any atom is 0.306 e. The third kappa shape index (κ3) is 60.9. The lowest BCUT2D eigenvalue weighted by Gasteiger charge is -2.15. The molecule has 5 nitrogen and oxygen atoms in total. The first-order valence-electron chi connectivity index (χ1n) is 32.9. The van der Waals surface area contributed by atoms with Gasteiger partial charge in [0.25, 0.3) is 0 Å². The Labute approximate surface area is 451 Å². The second kappa shape index (κ2) is 63.7. The summed E-state index contributed by atoms with van der Waals surface area (Å²) < 4.78 is 10.8. The third-order valence-corrected chi connectivity index (χ3v) is 15.2. The largest absolute Gasteiger partial charge is 0.462 e. The van der Waals surface area contributed by atoms with Crippen molar-refractivity contribution in [2.75, 3.05) is 13.2 Å². The summed E-state index contributed by atoms with van der Waals surface area (Å²) in [4.78, 5) is 24.6. The smallest absolute Gasteiger partial charge is 0.306 e. The molecule has 0 aliphatic carbocycles. The predicted molar refractivity (Wildman–Crippen MR) is 316 cm³/mol. The number of unbranched alkanes of at least 4 members (excludes halogenated alkanes) is 50. The SMILES string of the molecule is CCCCCCC/C=C\C/C=C\CCCCCCCCCCCCCCCCCC(=O)OC(CO)COC(=O)CCCCCCCCCCCCCCCCCCCCCCCCCCCCCCCCC. The van der Waals surface area contributed by atoms with Crippen LogP contribution in [-0.4, -0.2) is 36.4 Å². The Balaban J connectivity index is 3.39. The fourth-order valence-corrected chi connectivity index (χ4v) is 10.3. The minimum absolute atomic E-state index is 0.0589. The van der Waals surface area contributed by atoms with E-state index < -0.39 is 6.10 Å². The van der Waals surface area contributed by atoms with Crippen LogP contribution in [0, 0.1) is 0 Å². The fourth-order valence-electron chi connectivity index (χ4n) is 10.3. The Hall–Kier alpha value is -1.62. The molecule has 0 rings (SSSR count). The van der Waals surface area contributed by atoms with E-state index in [4.69, 9.17) is 9.47 Å². The number of ether oxygens (including phenoxy) is 2. The zero-order chi connectivity index (χ0) is 52.0. The van der Waals surface area contributed by atoms with E-state index in [1.54, 1.807) is 0 Å². The van der Waals surface area contributed by atoms with Crippen molar-refractivity contribution in [1.82, 2.24) is 0 Å². The average Bonchev–Trinajstić information content (AvgIpc) is 3.38. The van der Waals surface area contributed by atoms with Crippen LogP contribution < -0.4 is 0 Å². The molecule has 0 heterocycles. The molecule has 0 aliphatic rings. The molecular weight excluding hydrogens is 885 g/mol. The van der Waals surface area contributed by atoms with E-state index in [0.29, 0.717) is 12.8 Å². The summed E-state index contributed by atoms with van der Waals surface area (Å²) in [5.74, 6) is -0.567. The summed E-state index contributed by atoms with van der Waals surface area (Å²) in [6, 6.07) is 0. The summed E-state index contributed by atoms with van der Waals surface area (Å²) >= 11 is 0. The first kappa shape index (κ1) is 70.4. The highest BCUT2D eigenvalue weighted by atomic mass is 16.6. The van der Waals surface area contributed by atoms with Gasteiger partial charge in [0.15, 0.2) is 6.10 Å². The number of allylic oxidation sites excluding steroid dienone is 4. The summed E-state index contributed by atoms with van der Waals surface area (Å²) in [7, 11) is 0. The van der Waals surface area contributed by atoms with Crippen molar-refractivity contribution < 1.29 is 24.2 Å². The first-order chi connectivity index (χ1) is 35.6. The quantitative estimate of drug-likeness (QED) is 0.0373. The van der Waals surface area contributed by atoms with Crippen molar-refractivity contribution in [1.29, 1.82) is 0 Å². The molecule has 5 heteroatoms. The molecule has 1 atom stereocenters. The lowest BCUT2D eigenvalue weighted by molar-refractivity contribution is -0.161. The van der Waals surface area contributed by atoms with Crippen LogP contribution in [0.15, 0.2) is 24.3 Å². The molecule has 1 N–H and O–H groups in total. The molecule has 0 radical (unpaired) electrons. The fraction of sp³-hybridized carbons (Fsp3) is 0.910.